The van der Waals surface area contributed by atoms with Crippen molar-refractivity contribution in [2.24, 2.45) is 7.05 Å². The molecule has 0 aliphatic carbocycles. The first kappa shape index (κ1) is 21.2. The second-order valence-electron chi connectivity index (χ2n) is 9.14. The van der Waals surface area contributed by atoms with E-state index in [0.717, 1.165) is 66.7 Å². The zero-order chi connectivity index (χ0) is 23.1. The van der Waals surface area contributed by atoms with Gasteiger partial charge in [-0.3, -0.25) is 4.98 Å². The normalized spacial score (nSPS) is 19.7. The van der Waals surface area contributed by atoms with Crippen molar-refractivity contribution >= 4 is 17.0 Å². The van der Waals surface area contributed by atoms with Crippen LogP contribution in [-0.2, 0) is 11.8 Å². The Balaban J connectivity index is 1.45. The van der Waals surface area contributed by atoms with E-state index in [-0.39, 0.29) is 0 Å². The lowest BCUT2D eigenvalue weighted by Gasteiger charge is -2.28. The summed E-state index contributed by atoms with van der Waals surface area (Å²) in [6, 6.07) is 6.04. The standard InChI is InChI=1S/C24H29N9O/c1-30-10-3-4-18(16-30)19-7-11-33(29-19)24-27-22-20(23(28-24)32-12-14-34-15-13-32)26-21(31(22)2)17-5-8-25-9-6-17/h5-9,11,18H,3-4,10,12-16H2,1-2H3. The molecule has 0 amide bonds. The van der Waals surface area contributed by atoms with E-state index in [2.05, 4.69) is 27.9 Å². The average Bonchev–Trinajstić information content (AvgIpc) is 3.50. The molecule has 4 aromatic heterocycles. The lowest BCUT2D eigenvalue weighted by molar-refractivity contribution is 0.122. The van der Waals surface area contributed by atoms with Crippen molar-refractivity contribution < 1.29 is 4.74 Å². The SMILES string of the molecule is CN1CCCC(c2ccn(-c3nc(N4CCOCC4)c4nc(-c5ccncc5)n(C)c4n3)n2)C1. The lowest BCUT2D eigenvalue weighted by atomic mass is 9.95. The molecule has 6 rings (SSSR count). The summed E-state index contributed by atoms with van der Waals surface area (Å²) in [5.74, 6) is 2.67. The number of hydrogen-bond donors (Lipinski definition) is 0. The molecular formula is C24H29N9O. The molecule has 0 bridgehead atoms. The van der Waals surface area contributed by atoms with Crippen molar-refractivity contribution in [1.29, 1.82) is 0 Å². The van der Waals surface area contributed by atoms with E-state index in [0.29, 0.717) is 25.1 Å². The van der Waals surface area contributed by atoms with E-state index in [1.165, 1.54) is 6.42 Å². The van der Waals surface area contributed by atoms with Gasteiger partial charge in [0, 0.05) is 56.8 Å². The molecule has 1 unspecified atom stereocenters. The minimum Gasteiger partial charge on any atom is -0.378 e. The van der Waals surface area contributed by atoms with Gasteiger partial charge in [0.15, 0.2) is 17.0 Å². The number of piperidine rings is 1. The molecule has 4 aromatic rings. The smallest absolute Gasteiger partial charge is 0.254 e. The van der Waals surface area contributed by atoms with Crippen LogP contribution in [0.4, 0.5) is 5.82 Å². The third kappa shape index (κ3) is 3.82. The van der Waals surface area contributed by atoms with E-state index in [9.17, 15) is 0 Å². The molecule has 0 radical (unpaired) electrons. The molecule has 10 nitrogen and oxygen atoms in total. The first-order valence-electron chi connectivity index (χ1n) is 11.9. The summed E-state index contributed by atoms with van der Waals surface area (Å²) < 4.78 is 9.43. The number of anilines is 1. The number of likely N-dealkylation sites (tertiary alicyclic amines) is 1. The predicted molar refractivity (Wildman–Crippen MR) is 129 cm³/mol. The summed E-state index contributed by atoms with van der Waals surface area (Å²) >= 11 is 0. The second-order valence-corrected chi connectivity index (χ2v) is 9.14. The molecule has 2 aliphatic rings. The van der Waals surface area contributed by atoms with Crippen molar-refractivity contribution in [3.05, 3.63) is 42.5 Å². The van der Waals surface area contributed by atoms with E-state index in [1.807, 2.05) is 34.6 Å². The monoisotopic (exact) mass is 459 g/mol. The van der Waals surface area contributed by atoms with Crippen LogP contribution in [0.15, 0.2) is 36.8 Å². The molecule has 2 fully saturated rings. The van der Waals surface area contributed by atoms with Crippen LogP contribution in [0.25, 0.3) is 28.5 Å². The molecule has 0 N–H and O–H groups in total. The van der Waals surface area contributed by atoms with Crippen molar-refractivity contribution in [2.75, 3.05) is 51.3 Å². The second kappa shape index (κ2) is 8.77. The minimum atomic E-state index is 0.442. The summed E-state index contributed by atoms with van der Waals surface area (Å²) in [6.45, 7) is 5.07. The topological polar surface area (TPSA) is 90.0 Å². The number of aromatic nitrogens is 7. The highest BCUT2D eigenvalue weighted by Crippen LogP contribution is 2.30. The van der Waals surface area contributed by atoms with Gasteiger partial charge < -0.3 is 19.1 Å². The molecule has 1 atom stereocenters. The number of likely N-dealkylation sites (N-methyl/N-ethyl adjacent to an activating group) is 1. The van der Waals surface area contributed by atoms with Crippen LogP contribution in [0.1, 0.15) is 24.5 Å². The summed E-state index contributed by atoms with van der Waals surface area (Å²) in [5.41, 5.74) is 3.67. The van der Waals surface area contributed by atoms with E-state index in [4.69, 9.17) is 24.8 Å². The zero-order valence-electron chi connectivity index (χ0n) is 19.6. The Kier molecular flexibility index (Phi) is 5.46. The molecule has 34 heavy (non-hydrogen) atoms. The highest BCUT2D eigenvalue weighted by molar-refractivity contribution is 5.87. The number of pyridine rings is 1. The zero-order valence-corrected chi connectivity index (χ0v) is 19.6. The van der Waals surface area contributed by atoms with Gasteiger partial charge in [-0.25, -0.2) is 9.67 Å². The molecule has 10 heteroatoms. The van der Waals surface area contributed by atoms with Gasteiger partial charge in [-0.2, -0.15) is 15.1 Å². The van der Waals surface area contributed by atoms with Gasteiger partial charge >= 0.3 is 0 Å². The Morgan fingerprint density at radius 2 is 1.79 bits per heavy atom. The van der Waals surface area contributed by atoms with Gasteiger partial charge in [0.25, 0.3) is 5.95 Å². The average molecular weight is 460 g/mol. The van der Waals surface area contributed by atoms with Gasteiger partial charge in [0.2, 0.25) is 0 Å². The summed E-state index contributed by atoms with van der Waals surface area (Å²) in [6.07, 6.45) is 7.90. The number of fused-ring (bicyclic) bond motifs is 1. The Bertz CT molecular complexity index is 1290. The van der Waals surface area contributed by atoms with Gasteiger partial charge in [0.05, 0.1) is 18.9 Å². The van der Waals surface area contributed by atoms with Crippen LogP contribution < -0.4 is 4.90 Å². The van der Waals surface area contributed by atoms with Gasteiger partial charge in [0.1, 0.15) is 5.82 Å². The molecule has 2 saturated heterocycles. The molecule has 0 spiro atoms. The first-order valence-corrected chi connectivity index (χ1v) is 11.9. The highest BCUT2D eigenvalue weighted by Gasteiger charge is 2.25. The van der Waals surface area contributed by atoms with Crippen LogP contribution in [-0.4, -0.2) is 85.6 Å². The van der Waals surface area contributed by atoms with Crippen LogP contribution in [0.2, 0.25) is 0 Å². The fourth-order valence-corrected chi connectivity index (χ4v) is 4.97. The quantitative estimate of drug-likeness (QED) is 0.459. The first-order chi connectivity index (χ1) is 16.7. The number of nitrogens with zero attached hydrogens (tertiary/aromatic N) is 9. The molecule has 6 heterocycles. The number of hydrogen-bond acceptors (Lipinski definition) is 8. The number of imidazole rings is 1. The van der Waals surface area contributed by atoms with E-state index >= 15 is 0 Å². The van der Waals surface area contributed by atoms with Crippen molar-refractivity contribution in [3.63, 3.8) is 0 Å². The molecule has 0 saturated carbocycles. The lowest BCUT2D eigenvalue weighted by Crippen LogP contribution is -2.37. The highest BCUT2D eigenvalue weighted by atomic mass is 16.5. The minimum absolute atomic E-state index is 0.442. The summed E-state index contributed by atoms with van der Waals surface area (Å²) in [5, 5.41) is 4.91. The number of rotatable bonds is 4. The number of ether oxygens (including phenoxy) is 1. The third-order valence-corrected chi connectivity index (χ3v) is 6.80. The number of morpholine rings is 1. The van der Waals surface area contributed by atoms with Crippen molar-refractivity contribution in [3.8, 4) is 17.3 Å². The van der Waals surface area contributed by atoms with Gasteiger partial charge in [-0.05, 0) is 44.6 Å². The maximum atomic E-state index is 5.59. The Labute approximate surface area is 198 Å². The van der Waals surface area contributed by atoms with Crippen molar-refractivity contribution in [2.45, 2.75) is 18.8 Å². The summed E-state index contributed by atoms with van der Waals surface area (Å²) in [4.78, 5) is 23.6. The number of aryl methyl sites for hydroxylation is 1. The van der Waals surface area contributed by atoms with Crippen LogP contribution >= 0.6 is 0 Å². The Morgan fingerprint density at radius 1 is 0.971 bits per heavy atom. The largest absolute Gasteiger partial charge is 0.378 e. The van der Waals surface area contributed by atoms with E-state index in [1.54, 1.807) is 12.4 Å². The van der Waals surface area contributed by atoms with Gasteiger partial charge in [-0.15, -0.1) is 0 Å². The fourth-order valence-electron chi connectivity index (χ4n) is 4.97. The fraction of sp³-hybridized carbons (Fsp3) is 0.458. The van der Waals surface area contributed by atoms with Crippen LogP contribution in [0.3, 0.4) is 0 Å². The third-order valence-electron chi connectivity index (χ3n) is 6.80. The van der Waals surface area contributed by atoms with Crippen LogP contribution in [0.5, 0.6) is 0 Å². The van der Waals surface area contributed by atoms with Crippen LogP contribution in [0, 0.1) is 0 Å². The molecular weight excluding hydrogens is 430 g/mol. The Morgan fingerprint density at radius 3 is 2.59 bits per heavy atom. The molecule has 2 aliphatic heterocycles. The molecule has 0 aromatic carbocycles. The Hall–Kier alpha value is -3.37. The van der Waals surface area contributed by atoms with Gasteiger partial charge in [-0.1, -0.05) is 0 Å². The predicted octanol–water partition coefficient (Wildman–Crippen LogP) is 2.26. The van der Waals surface area contributed by atoms with E-state index < -0.39 is 0 Å². The maximum absolute atomic E-state index is 5.59. The summed E-state index contributed by atoms with van der Waals surface area (Å²) in [7, 11) is 4.18. The van der Waals surface area contributed by atoms with Crippen molar-refractivity contribution in [1.82, 2.24) is 39.2 Å². The molecule has 176 valence electrons. The maximum Gasteiger partial charge on any atom is 0.254 e.